The van der Waals surface area contributed by atoms with Gasteiger partial charge in [-0.05, 0) is 24.5 Å². The largest absolute Gasteiger partial charge is 0.466 e. The van der Waals surface area contributed by atoms with Crippen molar-refractivity contribution in [3.63, 3.8) is 0 Å². The summed E-state index contributed by atoms with van der Waals surface area (Å²) in [5.74, 6) is 1.30. The Bertz CT molecular complexity index is 281. The van der Waals surface area contributed by atoms with Gasteiger partial charge in [-0.15, -0.1) is 0 Å². The number of rotatable bonds is 19. The van der Waals surface area contributed by atoms with Gasteiger partial charge in [0.2, 0.25) is 0 Å². The molecule has 0 saturated carbocycles. The number of ether oxygens (including phenoxy) is 1. The fourth-order valence-corrected chi connectivity index (χ4v) is 3.19. The maximum atomic E-state index is 11.6. The second-order valence-corrected chi connectivity index (χ2v) is 8.01. The molecule has 0 fully saturated rings. The van der Waals surface area contributed by atoms with Crippen LogP contribution in [0.2, 0.25) is 0 Å². The molecule has 0 N–H and O–H groups in total. The van der Waals surface area contributed by atoms with Crippen molar-refractivity contribution in [2.24, 2.45) is 5.92 Å². The number of esters is 1. The monoisotopic (exact) mass is 372 g/mol. The summed E-state index contributed by atoms with van der Waals surface area (Å²) in [6, 6.07) is 0. The molecular weight excluding hydrogens is 328 g/mol. The smallest absolute Gasteiger partial charge is 0.305 e. The van der Waals surface area contributed by atoms with Gasteiger partial charge in [0.05, 0.1) is 6.61 Å². The Morgan fingerprint density at radius 1 is 0.800 bits per heavy atom. The van der Waals surface area contributed by atoms with Crippen LogP contribution >= 0.6 is 12.6 Å². The van der Waals surface area contributed by atoms with Crippen LogP contribution in [-0.4, -0.2) is 18.3 Å². The Hall–Kier alpha value is -0.180. The Labute approximate surface area is 163 Å². The van der Waals surface area contributed by atoms with E-state index in [4.69, 9.17) is 4.74 Å². The molecule has 0 bridgehead atoms. The number of carbonyl (C=O) groups excluding carboxylic acids is 1. The minimum atomic E-state index is -0.0386. The van der Waals surface area contributed by atoms with Crippen molar-refractivity contribution in [2.75, 3.05) is 12.4 Å². The lowest BCUT2D eigenvalue weighted by Gasteiger charge is -2.08. The van der Waals surface area contributed by atoms with Gasteiger partial charge in [-0.25, -0.2) is 0 Å². The van der Waals surface area contributed by atoms with E-state index in [0.29, 0.717) is 18.9 Å². The van der Waals surface area contributed by atoms with Gasteiger partial charge >= 0.3 is 5.97 Å². The molecule has 25 heavy (non-hydrogen) atoms. The molecule has 150 valence electrons. The molecule has 0 heterocycles. The predicted octanol–water partition coefficient (Wildman–Crippen LogP) is 7.36. The lowest BCUT2D eigenvalue weighted by atomic mass is 10.0. The highest BCUT2D eigenvalue weighted by atomic mass is 32.1. The van der Waals surface area contributed by atoms with E-state index in [1.54, 1.807) is 0 Å². The van der Waals surface area contributed by atoms with E-state index in [9.17, 15) is 4.79 Å². The molecule has 1 atom stereocenters. The molecule has 0 aliphatic heterocycles. The standard InChI is InChI=1S/C22H44O2S/c1-3-4-5-6-7-8-9-10-11-12-13-14-15-16-19-24-22(23)18-17-21(2)20-25/h21,25H,3-20H2,1-2H3. The van der Waals surface area contributed by atoms with Gasteiger partial charge in [0.25, 0.3) is 0 Å². The summed E-state index contributed by atoms with van der Waals surface area (Å²) in [6.07, 6.45) is 20.4. The Morgan fingerprint density at radius 2 is 1.24 bits per heavy atom. The molecule has 0 radical (unpaired) electrons. The molecule has 0 aliphatic carbocycles. The molecule has 0 amide bonds. The van der Waals surface area contributed by atoms with Crippen molar-refractivity contribution in [3.05, 3.63) is 0 Å². The third kappa shape index (κ3) is 20.0. The van der Waals surface area contributed by atoms with Crippen LogP contribution in [0.1, 0.15) is 117 Å². The van der Waals surface area contributed by atoms with Gasteiger partial charge in [-0.2, -0.15) is 12.6 Å². The molecular formula is C22H44O2S. The summed E-state index contributed by atoms with van der Waals surface area (Å²) in [5, 5.41) is 0. The van der Waals surface area contributed by atoms with Crippen LogP contribution in [0.5, 0.6) is 0 Å². The topological polar surface area (TPSA) is 26.3 Å². The van der Waals surface area contributed by atoms with E-state index in [2.05, 4.69) is 26.5 Å². The molecule has 2 nitrogen and oxygen atoms in total. The number of hydrogen-bond acceptors (Lipinski definition) is 3. The van der Waals surface area contributed by atoms with Gasteiger partial charge in [-0.3, -0.25) is 4.79 Å². The first-order valence-corrected chi connectivity index (χ1v) is 11.6. The average molecular weight is 373 g/mol. The lowest BCUT2D eigenvalue weighted by molar-refractivity contribution is -0.144. The Morgan fingerprint density at radius 3 is 1.68 bits per heavy atom. The second kappa shape index (κ2) is 20.1. The summed E-state index contributed by atoms with van der Waals surface area (Å²) in [6.45, 7) is 5.00. The third-order valence-electron chi connectivity index (χ3n) is 4.91. The highest BCUT2D eigenvalue weighted by Gasteiger charge is 2.06. The highest BCUT2D eigenvalue weighted by molar-refractivity contribution is 7.80. The zero-order valence-corrected chi connectivity index (χ0v) is 18.0. The number of unbranched alkanes of at least 4 members (excludes halogenated alkanes) is 13. The molecule has 0 spiro atoms. The molecule has 0 aromatic rings. The van der Waals surface area contributed by atoms with Crippen molar-refractivity contribution >= 4 is 18.6 Å². The van der Waals surface area contributed by atoms with Gasteiger partial charge in [0.1, 0.15) is 0 Å². The first-order chi connectivity index (χ1) is 12.2. The summed E-state index contributed by atoms with van der Waals surface area (Å²) in [4.78, 5) is 11.6. The minimum absolute atomic E-state index is 0.0386. The molecule has 0 rings (SSSR count). The van der Waals surface area contributed by atoms with Crippen molar-refractivity contribution in [1.82, 2.24) is 0 Å². The van der Waals surface area contributed by atoms with Crippen molar-refractivity contribution in [1.29, 1.82) is 0 Å². The van der Waals surface area contributed by atoms with E-state index in [0.717, 1.165) is 18.6 Å². The highest BCUT2D eigenvalue weighted by Crippen LogP contribution is 2.13. The summed E-state index contributed by atoms with van der Waals surface area (Å²) >= 11 is 4.23. The molecule has 1 unspecified atom stereocenters. The van der Waals surface area contributed by atoms with E-state index in [-0.39, 0.29) is 5.97 Å². The van der Waals surface area contributed by atoms with Crippen LogP contribution in [0, 0.1) is 5.92 Å². The first kappa shape index (κ1) is 24.8. The van der Waals surface area contributed by atoms with Gasteiger partial charge < -0.3 is 4.74 Å². The normalized spacial score (nSPS) is 12.3. The van der Waals surface area contributed by atoms with Crippen LogP contribution in [-0.2, 0) is 9.53 Å². The van der Waals surface area contributed by atoms with E-state index in [1.807, 2.05) is 0 Å². The summed E-state index contributed by atoms with van der Waals surface area (Å²) < 4.78 is 5.28. The van der Waals surface area contributed by atoms with Crippen LogP contribution < -0.4 is 0 Å². The van der Waals surface area contributed by atoms with Gasteiger partial charge in [-0.1, -0.05) is 97.3 Å². The Balaban J connectivity index is 3.12. The molecule has 0 aliphatic rings. The van der Waals surface area contributed by atoms with E-state index < -0.39 is 0 Å². The zero-order chi connectivity index (χ0) is 18.6. The fourth-order valence-electron chi connectivity index (χ4n) is 3.01. The predicted molar refractivity (Wildman–Crippen MR) is 114 cm³/mol. The summed E-state index contributed by atoms with van der Waals surface area (Å²) in [7, 11) is 0. The van der Waals surface area contributed by atoms with Crippen LogP contribution in [0.25, 0.3) is 0 Å². The van der Waals surface area contributed by atoms with Crippen molar-refractivity contribution < 1.29 is 9.53 Å². The van der Waals surface area contributed by atoms with Crippen LogP contribution in [0.15, 0.2) is 0 Å². The second-order valence-electron chi connectivity index (χ2n) is 7.64. The summed E-state index contributed by atoms with van der Waals surface area (Å²) in [5.41, 5.74) is 0. The zero-order valence-electron chi connectivity index (χ0n) is 17.1. The lowest BCUT2D eigenvalue weighted by Crippen LogP contribution is -2.08. The molecule has 0 aromatic heterocycles. The quantitative estimate of drug-likeness (QED) is 0.146. The maximum absolute atomic E-state index is 11.6. The van der Waals surface area contributed by atoms with Crippen molar-refractivity contribution in [3.8, 4) is 0 Å². The van der Waals surface area contributed by atoms with Crippen LogP contribution in [0.4, 0.5) is 0 Å². The van der Waals surface area contributed by atoms with Gasteiger partial charge in [0, 0.05) is 6.42 Å². The van der Waals surface area contributed by atoms with Crippen molar-refractivity contribution in [2.45, 2.75) is 117 Å². The van der Waals surface area contributed by atoms with E-state index >= 15 is 0 Å². The number of carbonyl (C=O) groups is 1. The minimum Gasteiger partial charge on any atom is -0.466 e. The first-order valence-electron chi connectivity index (χ1n) is 11.0. The third-order valence-corrected chi connectivity index (χ3v) is 5.54. The molecule has 3 heteroatoms. The van der Waals surface area contributed by atoms with E-state index in [1.165, 1.54) is 83.5 Å². The molecule has 0 saturated heterocycles. The fraction of sp³-hybridized carbons (Fsp3) is 0.955. The van der Waals surface area contributed by atoms with Crippen LogP contribution in [0.3, 0.4) is 0 Å². The Kier molecular flexibility index (Phi) is 20.0. The number of hydrogen-bond donors (Lipinski definition) is 1. The average Bonchev–Trinajstić information content (AvgIpc) is 2.62. The maximum Gasteiger partial charge on any atom is 0.305 e. The molecule has 0 aromatic carbocycles. The number of thiol groups is 1. The van der Waals surface area contributed by atoms with Gasteiger partial charge in [0.15, 0.2) is 0 Å². The SMILES string of the molecule is CCCCCCCCCCCCCCCCOC(=O)CCC(C)CS.